The quantitative estimate of drug-likeness (QED) is 0.663. The molecule has 0 bridgehead atoms. The highest BCUT2D eigenvalue weighted by molar-refractivity contribution is 8.01. The Balaban J connectivity index is 2.35. The number of hydrogen-bond acceptors (Lipinski definition) is 5. The third-order valence-corrected chi connectivity index (χ3v) is 4.34. The van der Waals surface area contributed by atoms with E-state index in [1.54, 1.807) is 0 Å². The zero-order valence-electron chi connectivity index (χ0n) is 10.9. The number of nitrogens with one attached hydrogen (secondary N) is 1. The van der Waals surface area contributed by atoms with Crippen molar-refractivity contribution in [1.82, 2.24) is 9.36 Å². The summed E-state index contributed by atoms with van der Waals surface area (Å²) in [6.07, 6.45) is -3.89. The average Bonchev–Trinajstić information content (AvgIpc) is 2.85. The molecule has 0 atom stereocenters. The lowest BCUT2D eigenvalue weighted by Gasteiger charge is -2.13. The number of nitrogens with zero attached hydrogens (tertiary/aromatic N) is 2. The Morgan fingerprint density at radius 3 is 2.67 bits per heavy atom. The van der Waals surface area contributed by atoms with Crippen molar-refractivity contribution in [3.63, 3.8) is 0 Å². The molecule has 3 N–H and O–H groups in total. The lowest BCUT2D eigenvalue weighted by molar-refractivity contribution is -0.137. The van der Waals surface area contributed by atoms with E-state index in [2.05, 4.69) is 9.36 Å². The van der Waals surface area contributed by atoms with Gasteiger partial charge in [-0.15, -0.1) is 0 Å². The van der Waals surface area contributed by atoms with Gasteiger partial charge in [-0.1, -0.05) is 18.7 Å². The summed E-state index contributed by atoms with van der Waals surface area (Å²) in [5.41, 5.74) is 3.95. The highest BCUT2D eigenvalue weighted by atomic mass is 32.2. The van der Waals surface area contributed by atoms with Crippen LogP contribution in [-0.4, -0.2) is 15.2 Å². The molecule has 0 amide bonds. The Bertz CT molecular complexity index is 667. The SMILES string of the molecule is CCc1nsc(Sc2ccc(C(=N)N)c(C(F)(F)F)c2)n1. The van der Waals surface area contributed by atoms with Gasteiger partial charge in [-0.25, -0.2) is 4.98 Å². The summed E-state index contributed by atoms with van der Waals surface area (Å²) < 4.78 is 43.7. The molecule has 0 aliphatic carbocycles. The van der Waals surface area contributed by atoms with E-state index in [4.69, 9.17) is 11.1 Å². The molecule has 1 aromatic heterocycles. The number of rotatable bonds is 4. The number of amidine groups is 1. The molecule has 2 rings (SSSR count). The van der Waals surface area contributed by atoms with Crippen molar-refractivity contribution in [3.8, 4) is 0 Å². The lowest BCUT2D eigenvalue weighted by atomic mass is 10.1. The molecule has 0 spiro atoms. The van der Waals surface area contributed by atoms with Crippen molar-refractivity contribution in [2.45, 2.75) is 28.8 Å². The van der Waals surface area contributed by atoms with E-state index in [1.165, 1.54) is 12.1 Å². The first-order valence-corrected chi connectivity index (χ1v) is 7.46. The number of nitrogen functional groups attached to an aromatic ring is 1. The first kappa shape index (κ1) is 15.8. The van der Waals surface area contributed by atoms with Crippen LogP contribution in [0.2, 0.25) is 0 Å². The molecule has 0 saturated carbocycles. The maximum absolute atomic E-state index is 13.0. The van der Waals surface area contributed by atoms with Crippen LogP contribution in [0.25, 0.3) is 0 Å². The lowest BCUT2D eigenvalue weighted by Crippen LogP contribution is -2.18. The third-order valence-electron chi connectivity index (χ3n) is 2.56. The van der Waals surface area contributed by atoms with Crippen LogP contribution in [0.15, 0.2) is 27.4 Å². The Morgan fingerprint density at radius 1 is 1.43 bits per heavy atom. The van der Waals surface area contributed by atoms with Crippen LogP contribution < -0.4 is 5.73 Å². The monoisotopic (exact) mass is 332 g/mol. The molecule has 1 aromatic carbocycles. The molecule has 0 saturated heterocycles. The molecule has 4 nitrogen and oxygen atoms in total. The van der Waals surface area contributed by atoms with E-state index in [0.717, 1.165) is 29.4 Å². The molecule has 0 radical (unpaired) electrons. The van der Waals surface area contributed by atoms with E-state index in [0.29, 0.717) is 21.5 Å². The summed E-state index contributed by atoms with van der Waals surface area (Å²) in [4.78, 5) is 4.58. The first-order chi connectivity index (χ1) is 9.81. The Hall–Kier alpha value is -1.61. The molecule has 112 valence electrons. The average molecular weight is 332 g/mol. The molecule has 0 unspecified atom stereocenters. The third kappa shape index (κ3) is 3.73. The van der Waals surface area contributed by atoms with Gasteiger partial charge in [-0.05, 0) is 29.7 Å². The largest absolute Gasteiger partial charge is 0.417 e. The van der Waals surface area contributed by atoms with Crippen LogP contribution in [0.1, 0.15) is 23.9 Å². The number of nitrogens with two attached hydrogens (primary N) is 1. The number of benzene rings is 1. The van der Waals surface area contributed by atoms with Crippen molar-refractivity contribution in [1.29, 1.82) is 5.41 Å². The fraction of sp³-hybridized carbons (Fsp3) is 0.250. The van der Waals surface area contributed by atoms with Crippen molar-refractivity contribution in [2.24, 2.45) is 5.73 Å². The molecule has 9 heteroatoms. The fourth-order valence-corrected chi connectivity index (χ4v) is 3.29. The minimum atomic E-state index is -4.56. The van der Waals surface area contributed by atoms with Gasteiger partial charge >= 0.3 is 6.18 Å². The van der Waals surface area contributed by atoms with Crippen LogP contribution in [0.3, 0.4) is 0 Å². The summed E-state index contributed by atoms with van der Waals surface area (Å²) in [5.74, 6) is 0.0574. The van der Waals surface area contributed by atoms with Crippen LogP contribution in [0.5, 0.6) is 0 Å². The Morgan fingerprint density at radius 2 is 2.14 bits per heavy atom. The van der Waals surface area contributed by atoms with Gasteiger partial charge in [0.05, 0.1) is 5.56 Å². The zero-order valence-corrected chi connectivity index (χ0v) is 12.5. The van der Waals surface area contributed by atoms with Gasteiger partial charge in [0.1, 0.15) is 11.7 Å². The molecular weight excluding hydrogens is 321 g/mol. The second kappa shape index (κ2) is 6.02. The van der Waals surface area contributed by atoms with Gasteiger partial charge in [-0.3, -0.25) is 5.41 Å². The first-order valence-electron chi connectivity index (χ1n) is 5.87. The highest BCUT2D eigenvalue weighted by Gasteiger charge is 2.34. The van der Waals surface area contributed by atoms with Crippen molar-refractivity contribution < 1.29 is 13.2 Å². The van der Waals surface area contributed by atoms with Gasteiger partial charge in [0.15, 0.2) is 4.34 Å². The van der Waals surface area contributed by atoms with Gasteiger partial charge < -0.3 is 5.73 Å². The topological polar surface area (TPSA) is 75.7 Å². The molecule has 0 aliphatic heterocycles. The summed E-state index contributed by atoms with van der Waals surface area (Å²) in [7, 11) is 0. The van der Waals surface area contributed by atoms with Gasteiger partial charge in [0.25, 0.3) is 0 Å². The highest BCUT2D eigenvalue weighted by Crippen LogP contribution is 2.37. The second-order valence-corrected chi connectivity index (χ2v) is 6.12. The fourth-order valence-electron chi connectivity index (χ4n) is 1.58. The zero-order chi connectivity index (χ0) is 15.6. The van der Waals surface area contributed by atoms with Gasteiger partial charge in [0.2, 0.25) is 0 Å². The van der Waals surface area contributed by atoms with E-state index in [-0.39, 0.29) is 5.56 Å². The number of alkyl halides is 3. The smallest absolute Gasteiger partial charge is 0.384 e. The minimum Gasteiger partial charge on any atom is -0.384 e. The number of hydrogen-bond donors (Lipinski definition) is 2. The van der Waals surface area contributed by atoms with Crippen molar-refractivity contribution in [2.75, 3.05) is 0 Å². The maximum Gasteiger partial charge on any atom is 0.417 e. The molecule has 2 aromatic rings. The van der Waals surface area contributed by atoms with Crippen LogP contribution >= 0.6 is 23.3 Å². The molecular formula is C12H11F3N4S2. The number of halogens is 3. The van der Waals surface area contributed by atoms with Crippen molar-refractivity contribution >= 4 is 29.1 Å². The molecule has 21 heavy (non-hydrogen) atoms. The minimum absolute atomic E-state index is 0.321. The molecule has 0 aliphatic rings. The second-order valence-electron chi connectivity index (χ2n) is 4.05. The van der Waals surface area contributed by atoms with Crippen LogP contribution in [0.4, 0.5) is 13.2 Å². The van der Waals surface area contributed by atoms with Crippen molar-refractivity contribution in [3.05, 3.63) is 35.2 Å². The predicted molar refractivity (Wildman–Crippen MR) is 75.9 cm³/mol. The van der Waals surface area contributed by atoms with Crippen LogP contribution in [0, 0.1) is 5.41 Å². The van der Waals surface area contributed by atoms with Crippen LogP contribution in [-0.2, 0) is 12.6 Å². The van der Waals surface area contributed by atoms with E-state index in [9.17, 15) is 13.2 Å². The maximum atomic E-state index is 13.0. The summed E-state index contributed by atoms with van der Waals surface area (Å²) in [6, 6.07) is 3.67. The number of aryl methyl sites for hydroxylation is 1. The number of aromatic nitrogens is 2. The van der Waals surface area contributed by atoms with Gasteiger partial charge in [-0.2, -0.15) is 17.5 Å². The van der Waals surface area contributed by atoms with E-state index < -0.39 is 17.6 Å². The summed E-state index contributed by atoms with van der Waals surface area (Å²) in [6.45, 7) is 1.90. The Labute approximate surface area is 127 Å². The molecule has 1 heterocycles. The predicted octanol–water partition coefficient (Wildman–Crippen LogP) is 3.55. The normalized spacial score (nSPS) is 11.6. The standard InChI is InChI=1S/C12H11F3N4S2/c1-2-9-18-11(21-19-9)20-6-3-4-7(10(16)17)8(5-6)12(13,14)15/h3-5H,2H2,1H3,(H3,16,17). The summed E-state index contributed by atoms with van der Waals surface area (Å²) >= 11 is 2.25. The van der Waals surface area contributed by atoms with E-state index in [1.807, 2.05) is 6.92 Å². The molecule has 0 fully saturated rings. The summed E-state index contributed by atoms with van der Waals surface area (Å²) in [5, 5.41) is 7.23. The van der Waals surface area contributed by atoms with Gasteiger partial charge in [0, 0.05) is 16.9 Å². The van der Waals surface area contributed by atoms with E-state index >= 15 is 0 Å². The Kier molecular flexibility index (Phi) is 4.52.